The maximum Gasteiger partial charge on any atom is 0.239 e. The molecule has 1 saturated heterocycles. The molecule has 0 aliphatic carbocycles. The van der Waals surface area contributed by atoms with Gasteiger partial charge in [0.25, 0.3) is 0 Å². The Morgan fingerprint density at radius 2 is 2.00 bits per heavy atom. The molecule has 5 nitrogen and oxygen atoms in total. The molecule has 0 aromatic carbocycles. The maximum absolute atomic E-state index is 9.67. The zero-order valence-corrected chi connectivity index (χ0v) is 13.2. The zero-order valence-electron chi connectivity index (χ0n) is 13.2. The van der Waals surface area contributed by atoms with Crippen molar-refractivity contribution in [3.8, 4) is 5.88 Å². The molecular formula is C16H27N3O2. The summed E-state index contributed by atoms with van der Waals surface area (Å²) in [6.07, 6.45) is 1.76. The number of hydrogen-bond acceptors (Lipinski definition) is 5. The van der Waals surface area contributed by atoms with Gasteiger partial charge in [-0.15, -0.1) is 0 Å². The number of aliphatic hydroxyl groups excluding tert-OH is 1. The number of ether oxygens (including phenoxy) is 1. The lowest BCUT2D eigenvalue weighted by Gasteiger charge is -2.34. The minimum Gasteiger partial charge on any atom is -0.476 e. The fourth-order valence-electron chi connectivity index (χ4n) is 2.59. The molecule has 1 aliphatic rings. The van der Waals surface area contributed by atoms with E-state index in [0.29, 0.717) is 30.0 Å². The van der Waals surface area contributed by atoms with Crippen LogP contribution in [0.15, 0.2) is 12.1 Å². The molecule has 1 aromatic rings. The summed E-state index contributed by atoms with van der Waals surface area (Å²) in [7, 11) is 0. The highest BCUT2D eigenvalue weighted by molar-refractivity contribution is 5.54. The Labute approximate surface area is 127 Å². The number of hydrogen-bond donors (Lipinski definition) is 2. The van der Waals surface area contributed by atoms with Gasteiger partial charge in [-0.1, -0.05) is 13.8 Å². The van der Waals surface area contributed by atoms with Gasteiger partial charge in [0.2, 0.25) is 5.88 Å². The molecule has 1 aromatic heterocycles. The maximum atomic E-state index is 9.67. The third kappa shape index (κ3) is 4.24. The van der Waals surface area contributed by atoms with Crippen LogP contribution in [0.4, 0.5) is 11.5 Å². The smallest absolute Gasteiger partial charge is 0.239 e. The normalized spacial score (nSPS) is 18.0. The monoisotopic (exact) mass is 293 g/mol. The van der Waals surface area contributed by atoms with E-state index in [1.807, 2.05) is 19.1 Å². The quantitative estimate of drug-likeness (QED) is 0.871. The Hall–Kier alpha value is -1.49. The van der Waals surface area contributed by atoms with E-state index in [9.17, 15) is 5.11 Å². The molecule has 1 atom stereocenters. The lowest BCUT2D eigenvalue weighted by Crippen LogP contribution is -2.37. The summed E-state index contributed by atoms with van der Waals surface area (Å²) < 4.78 is 5.69. The molecule has 0 bridgehead atoms. The summed E-state index contributed by atoms with van der Waals surface area (Å²) in [5.74, 6) is 2.27. The second-order valence-corrected chi connectivity index (χ2v) is 6.33. The summed E-state index contributed by atoms with van der Waals surface area (Å²) in [6.45, 7) is 8.51. The van der Waals surface area contributed by atoms with Gasteiger partial charge >= 0.3 is 0 Å². The van der Waals surface area contributed by atoms with Crippen molar-refractivity contribution < 1.29 is 9.84 Å². The van der Waals surface area contributed by atoms with Gasteiger partial charge in [-0.05, 0) is 43.7 Å². The number of piperidine rings is 1. The molecule has 3 N–H and O–H groups in total. The highest BCUT2D eigenvalue weighted by Gasteiger charge is 2.23. The summed E-state index contributed by atoms with van der Waals surface area (Å²) in [5.41, 5.74) is 6.51. The Morgan fingerprint density at radius 1 is 1.33 bits per heavy atom. The van der Waals surface area contributed by atoms with Crippen molar-refractivity contribution >= 4 is 11.5 Å². The van der Waals surface area contributed by atoms with Gasteiger partial charge in [-0.2, -0.15) is 4.98 Å². The summed E-state index contributed by atoms with van der Waals surface area (Å²) in [6, 6.07) is 3.80. The van der Waals surface area contributed by atoms with Crippen molar-refractivity contribution in [2.45, 2.75) is 39.7 Å². The highest BCUT2D eigenvalue weighted by Crippen LogP contribution is 2.28. The van der Waals surface area contributed by atoms with Crippen molar-refractivity contribution in [2.24, 2.45) is 11.8 Å². The third-order valence-electron chi connectivity index (χ3n) is 3.97. The topological polar surface area (TPSA) is 71.6 Å². The first kappa shape index (κ1) is 15.9. The fraction of sp³-hybridized carbons (Fsp3) is 0.688. The Kier molecular flexibility index (Phi) is 5.28. The van der Waals surface area contributed by atoms with E-state index in [-0.39, 0.29) is 6.10 Å². The van der Waals surface area contributed by atoms with Gasteiger partial charge in [-0.3, -0.25) is 0 Å². The molecule has 21 heavy (non-hydrogen) atoms. The molecule has 1 aliphatic heterocycles. The van der Waals surface area contributed by atoms with Crippen molar-refractivity contribution in [1.29, 1.82) is 0 Å². The van der Waals surface area contributed by atoms with Crippen molar-refractivity contribution in [3.05, 3.63) is 12.1 Å². The number of nitrogens with zero attached hydrogens (tertiary/aromatic N) is 2. The molecular weight excluding hydrogens is 266 g/mol. The van der Waals surface area contributed by atoms with Crippen LogP contribution in [0, 0.1) is 11.8 Å². The second kappa shape index (κ2) is 6.98. The van der Waals surface area contributed by atoms with E-state index < -0.39 is 0 Å². The predicted octanol–water partition coefficient (Wildman–Crippen LogP) is 2.30. The molecule has 1 unspecified atom stereocenters. The van der Waals surface area contributed by atoms with E-state index in [1.165, 1.54) is 0 Å². The van der Waals surface area contributed by atoms with Gasteiger partial charge < -0.3 is 20.5 Å². The van der Waals surface area contributed by atoms with Gasteiger partial charge in [0, 0.05) is 13.1 Å². The van der Waals surface area contributed by atoms with Gasteiger partial charge in [0.15, 0.2) is 0 Å². The molecule has 0 amide bonds. The largest absolute Gasteiger partial charge is 0.476 e. The van der Waals surface area contributed by atoms with E-state index in [1.54, 1.807) is 0 Å². The third-order valence-corrected chi connectivity index (χ3v) is 3.97. The Morgan fingerprint density at radius 3 is 2.57 bits per heavy atom. The Bertz CT molecular complexity index is 455. The van der Waals surface area contributed by atoms with E-state index in [2.05, 4.69) is 23.7 Å². The number of nitrogens with two attached hydrogens (primary N) is 1. The van der Waals surface area contributed by atoms with Crippen LogP contribution in [0.2, 0.25) is 0 Å². The minimum atomic E-state index is -0.225. The van der Waals surface area contributed by atoms with E-state index in [0.717, 1.165) is 31.7 Å². The first-order chi connectivity index (χ1) is 9.97. The van der Waals surface area contributed by atoms with Gasteiger partial charge in [0.1, 0.15) is 5.82 Å². The number of aliphatic hydroxyl groups is 1. The van der Waals surface area contributed by atoms with Crippen molar-refractivity contribution in [2.75, 3.05) is 30.3 Å². The van der Waals surface area contributed by atoms with Crippen LogP contribution in [0.5, 0.6) is 5.88 Å². The highest BCUT2D eigenvalue weighted by atomic mass is 16.5. The summed E-state index contributed by atoms with van der Waals surface area (Å²) >= 11 is 0. The van der Waals surface area contributed by atoms with Gasteiger partial charge in [0.05, 0.1) is 18.4 Å². The Balaban J connectivity index is 2.02. The van der Waals surface area contributed by atoms with E-state index in [4.69, 9.17) is 10.5 Å². The van der Waals surface area contributed by atoms with Crippen LogP contribution in [-0.2, 0) is 0 Å². The molecule has 1 fully saturated rings. The van der Waals surface area contributed by atoms with Crippen LogP contribution in [0.1, 0.15) is 33.6 Å². The fourth-order valence-corrected chi connectivity index (χ4v) is 2.59. The molecule has 2 rings (SSSR count). The van der Waals surface area contributed by atoms with Gasteiger partial charge in [-0.25, -0.2) is 0 Å². The number of aromatic nitrogens is 1. The number of nitrogen functional groups attached to an aromatic ring is 1. The molecule has 0 spiro atoms. The SMILES string of the molecule is CC(C)COc1nc(N2CCC(C(C)O)CC2)ccc1N. The van der Waals surface area contributed by atoms with Crippen LogP contribution in [0.25, 0.3) is 0 Å². The lowest BCUT2D eigenvalue weighted by molar-refractivity contribution is 0.109. The number of rotatable bonds is 5. The zero-order chi connectivity index (χ0) is 15.4. The van der Waals surface area contributed by atoms with Crippen LogP contribution >= 0.6 is 0 Å². The first-order valence-corrected chi connectivity index (χ1v) is 7.79. The molecule has 5 heteroatoms. The number of pyridine rings is 1. The van der Waals surface area contributed by atoms with E-state index >= 15 is 0 Å². The van der Waals surface area contributed by atoms with Crippen LogP contribution < -0.4 is 15.4 Å². The first-order valence-electron chi connectivity index (χ1n) is 7.79. The molecule has 0 radical (unpaired) electrons. The molecule has 0 saturated carbocycles. The van der Waals surface area contributed by atoms with Crippen LogP contribution in [0.3, 0.4) is 0 Å². The second-order valence-electron chi connectivity index (χ2n) is 6.33. The molecule has 118 valence electrons. The average molecular weight is 293 g/mol. The minimum absolute atomic E-state index is 0.225. The van der Waals surface area contributed by atoms with Crippen molar-refractivity contribution in [1.82, 2.24) is 4.98 Å². The number of anilines is 2. The van der Waals surface area contributed by atoms with Crippen molar-refractivity contribution in [3.63, 3.8) is 0 Å². The summed E-state index contributed by atoms with van der Waals surface area (Å²) in [5, 5.41) is 9.67. The van der Waals surface area contributed by atoms with Crippen LogP contribution in [-0.4, -0.2) is 35.9 Å². The molecule has 2 heterocycles. The standard InChI is InChI=1S/C16H27N3O2/c1-11(2)10-21-16-14(17)4-5-15(18-16)19-8-6-13(7-9-19)12(3)20/h4-5,11-13,20H,6-10,17H2,1-3H3. The average Bonchev–Trinajstić information content (AvgIpc) is 2.46. The summed E-state index contributed by atoms with van der Waals surface area (Å²) in [4.78, 5) is 6.79. The lowest BCUT2D eigenvalue weighted by atomic mass is 9.92. The predicted molar refractivity (Wildman–Crippen MR) is 85.6 cm³/mol.